The number of aromatic nitrogens is 2. The molecule has 0 bridgehead atoms. The summed E-state index contributed by atoms with van der Waals surface area (Å²) < 4.78 is 41.2. The number of piperazine rings is 1. The number of pyridine rings is 2. The first-order chi connectivity index (χ1) is 16.1. The van der Waals surface area contributed by atoms with Crippen LogP contribution in [0.4, 0.5) is 30.4 Å². The molecule has 1 atom stereocenters. The minimum absolute atomic E-state index is 0.000452. The van der Waals surface area contributed by atoms with E-state index in [2.05, 4.69) is 21.7 Å². The highest BCUT2D eigenvalue weighted by Gasteiger charge is 2.31. The molecule has 4 N–H and O–H groups in total. The maximum Gasteiger partial charge on any atom is 0.416 e. The van der Waals surface area contributed by atoms with Gasteiger partial charge >= 0.3 is 6.18 Å². The lowest BCUT2D eigenvalue weighted by molar-refractivity contribution is -0.137. The zero-order valence-electron chi connectivity index (χ0n) is 18.7. The molecule has 1 saturated heterocycles. The largest absolute Gasteiger partial charge is 0.416 e. The lowest BCUT2D eigenvalue weighted by Gasteiger charge is -2.29. The van der Waals surface area contributed by atoms with Gasteiger partial charge in [0.25, 0.3) is 5.56 Å². The van der Waals surface area contributed by atoms with Gasteiger partial charge in [-0.3, -0.25) is 4.79 Å². The minimum atomic E-state index is -4.53. The van der Waals surface area contributed by atoms with Crippen molar-refractivity contribution in [3.8, 4) is 6.07 Å². The lowest BCUT2D eigenvalue weighted by atomic mass is 10.0. The van der Waals surface area contributed by atoms with E-state index in [0.29, 0.717) is 41.1 Å². The molecular weight excluding hydrogens is 447 g/mol. The molecule has 3 heterocycles. The van der Waals surface area contributed by atoms with Gasteiger partial charge in [-0.05, 0) is 36.8 Å². The minimum Gasteiger partial charge on any atom is -0.399 e. The number of rotatable bonds is 4. The van der Waals surface area contributed by atoms with Crippen LogP contribution in [-0.4, -0.2) is 35.7 Å². The SMILES string of the molecule is C[C@@H](Nc1ncc(C#N)c2c1cc(N1CCNCC1)c(=O)n2C)c1cc(N)cc(C(F)(F)F)c1. The quantitative estimate of drug-likeness (QED) is 0.502. The summed E-state index contributed by atoms with van der Waals surface area (Å²) in [7, 11) is 1.60. The van der Waals surface area contributed by atoms with Gasteiger partial charge in [0.05, 0.1) is 22.7 Å². The molecule has 2 aromatic heterocycles. The molecule has 1 aliphatic heterocycles. The predicted octanol–water partition coefficient (Wildman–Crippen LogP) is 2.99. The Morgan fingerprint density at radius 2 is 1.94 bits per heavy atom. The smallest absolute Gasteiger partial charge is 0.399 e. The second kappa shape index (κ2) is 8.87. The Kier molecular flexibility index (Phi) is 6.10. The number of nitrogens with two attached hydrogens (primary N) is 1. The number of nitrogen functional groups attached to an aromatic ring is 1. The summed E-state index contributed by atoms with van der Waals surface area (Å²) in [4.78, 5) is 19.4. The van der Waals surface area contributed by atoms with Crippen LogP contribution in [0.25, 0.3) is 10.9 Å². The number of nitrogens with zero attached hydrogens (tertiary/aromatic N) is 4. The second-order valence-electron chi connectivity index (χ2n) is 8.28. The van der Waals surface area contributed by atoms with Gasteiger partial charge in [-0.2, -0.15) is 18.4 Å². The van der Waals surface area contributed by atoms with Crippen LogP contribution in [0.2, 0.25) is 0 Å². The van der Waals surface area contributed by atoms with E-state index in [1.807, 2.05) is 4.90 Å². The Hall–Kier alpha value is -3.78. The van der Waals surface area contributed by atoms with Crippen molar-refractivity contribution >= 4 is 28.1 Å². The first-order valence-corrected chi connectivity index (χ1v) is 10.7. The molecule has 1 aromatic carbocycles. The van der Waals surface area contributed by atoms with Crippen LogP contribution in [0.3, 0.4) is 0 Å². The Bertz CT molecular complexity index is 1340. The van der Waals surface area contributed by atoms with Crippen molar-refractivity contribution < 1.29 is 13.2 Å². The number of benzene rings is 1. The molecule has 8 nitrogen and oxygen atoms in total. The third kappa shape index (κ3) is 4.36. The first kappa shape index (κ1) is 23.4. The molecule has 0 radical (unpaired) electrons. The molecule has 0 amide bonds. The lowest BCUT2D eigenvalue weighted by Crippen LogP contribution is -2.45. The van der Waals surface area contributed by atoms with Crippen molar-refractivity contribution in [3.63, 3.8) is 0 Å². The highest BCUT2D eigenvalue weighted by molar-refractivity contribution is 5.95. The maximum absolute atomic E-state index is 13.3. The van der Waals surface area contributed by atoms with E-state index in [1.54, 1.807) is 20.0 Å². The molecule has 178 valence electrons. The van der Waals surface area contributed by atoms with Crippen molar-refractivity contribution in [1.29, 1.82) is 5.26 Å². The number of alkyl halides is 3. The van der Waals surface area contributed by atoms with Crippen LogP contribution in [0.1, 0.15) is 29.7 Å². The molecule has 1 fully saturated rings. The van der Waals surface area contributed by atoms with Gasteiger partial charge in [0.2, 0.25) is 0 Å². The van der Waals surface area contributed by atoms with Crippen molar-refractivity contribution in [3.05, 3.63) is 57.5 Å². The summed E-state index contributed by atoms with van der Waals surface area (Å²) in [5, 5.41) is 16.5. The van der Waals surface area contributed by atoms with Gasteiger partial charge in [0.1, 0.15) is 17.6 Å². The van der Waals surface area contributed by atoms with E-state index in [-0.39, 0.29) is 16.8 Å². The van der Waals surface area contributed by atoms with E-state index in [1.165, 1.54) is 16.8 Å². The summed E-state index contributed by atoms with van der Waals surface area (Å²) in [6.45, 7) is 4.46. The molecule has 0 aliphatic carbocycles. The highest BCUT2D eigenvalue weighted by atomic mass is 19.4. The Balaban J connectivity index is 1.82. The van der Waals surface area contributed by atoms with Gasteiger partial charge in [0, 0.05) is 50.5 Å². The summed E-state index contributed by atoms with van der Waals surface area (Å²) in [6, 6.07) is 6.58. The number of aryl methyl sites for hydroxylation is 1. The fourth-order valence-electron chi connectivity index (χ4n) is 4.19. The summed E-state index contributed by atoms with van der Waals surface area (Å²) >= 11 is 0. The fraction of sp³-hybridized carbons (Fsp3) is 0.348. The summed E-state index contributed by atoms with van der Waals surface area (Å²) in [5.74, 6) is 0.351. The monoisotopic (exact) mass is 471 g/mol. The number of fused-ring (bicyclic) bond motifs is 1. The van der Waals surface area contributed by atoms with Crippen LogP contribution in [0.15, 0.2) is 35.3 Å². The van der Waals surface area contributed by atoms with Gasteiger partial charge < -0.3 is 25.8 Å². The Morgan fingerprint density at radius 1 is 1.24 bits per heavy atom. The molecular formula is C23H24F3N7O. The van der Waals surface area contributed by atoms with E-state index < -0.39 is 17.8 Å². The molecule has 0 unspecified atom stereocenters. The standard InChI is InChI=1S/C23H24F3N7O/c1-13(14-7-16(23(24,25)26)9-17(28)8-14)31-21-18-10-19(33-5-3-29-4-6-33)22(34)32(2)20(18)15(11-27)12-30-21/h7-10,12-13,29H,3-6,28H2,1-2H3,(H,30,31)/t13-/m1/s1. The highest BCUT2D eigenvalue weighted by Crippen LogP contribution is 2.34. The third-order valence-electron chi connectivity index (χ3n) is 5.96. The summed E-state index contributed by atoms with van der Waals surface area (Å²) in [5.41, 5.74) is 6.09. The van der Waals surface area contributed by atoms with E-state index >= 15 is 0 Å². The zero-order valence-corrected chi connectivity index (χ0v) is 18.7. The van der Waals surface area contributed by atoms with Crippen molar-refractivity contribution in [2.75, 3.05) is 42.1 Å². The van der Waals surface area contributed by atoms with E-state index in [9.17, 15) is 23.2 Å². The van der Waals surface area contributed by atoms with Crippen LogP contribution in [0, 0.1) is 11.3 Å². The predicted molar refractivity (Wildman–Crippen MR) is 125 cm³/mol. The number of nitrogens with one attached hydrogen (secondary N) is 2. The fourth-order valence-corrected chi connectivity index (χ4v) is 4.19. The topological polar surface area (TPSA) is 112 Å². The molecule has 0 spiro atoms. The van der Waals surface area contributed by atoms with Crippen LogP contribution < -0.4 is 26.8 Å². The zero-order chi connectivity index (χ0) is 24.6. The van der Waals surface area contributed by atoms with Crippen molar-refractivity contribution in [2.45, 2.75) is 19.1 Å². The van der Waals surface area contributed by atoms with Crippen LogP contribution in [-0.2, 0) is 13.2 Å². The average Bonchev–Trinajstić information content (AvgIpc) is 2.81. The first-order valence-electron chi connectivity index (χ1n) is 10.7. The van der Waals surface area contributed by atoms with Crippen LogP contribution >= 0.6 is 0 Å². The Labute approximate surface area is 193 Å². The normalized spacial score (nSPS) is 15.2. The number of hydrogen-bond acceptors (Lipinski definition) is 7. The number of hydrogen-bond donors (Lipinski definition) is 3. The molecule has 0 saturated carbocycles. The Morgan fingerprint density at radius 3 is 2.59 bits per heavy atom. The van der Waals surface area contributed by atoms with E-state index in [4.69, 9.17) is 5.73 Å². The van der Waals surface area contributed by atoms with Crippen molar-refractivity contribution in [1.82, 2.24) is 14.9 Å². The third-order valence-corrected chi connectivity index (χ3v) is 5.96. The molecule has 34 heavy (non-hydrogen) atoms. The summed E-state index contributed by atoms with van der Waals surface area (Å²) in [6.07, 6.45) is -3.18. The molecule has 1 aliphatic rings. The number of nitriles is 1. The van der Waals surface area contributed by atoms with Gasteiger partial charge in [-0.15, -0.1) is 0 Å². The second-order valence-corrected chi connectivity index (χ2v) is 8.28. The number of halogens is 3. The molecule has 11 heteroatoms. The van der Waals surface area contributed by atoms with Crippen molar-refractivity contribution in [2.24, 2.45) is 7.05 Å². The maximum atomic E-state index is 13.3. The average molecular weight is 471 g/mol. The van der Waals surface area contributed by atoms with Gasteiger partial charge in [-0.1, -0.05) is 0 Å². The van der Waals surface area contributed by atoms with E-state index in [0.717, 1.165) is 25.2 Å². The molecule has 4 rings (SSSR count). The van der Waals surface area contributed by atoms with Crippen LogP contribution in [0.5, 0.6) is 0 Å². The van der Waals surface area contributed by atoms with Gasteiger partial charge in [0.15, 0.2) is 0 Å². The molecule has 3 aromatic rings. The number of anilines is 3. The van der Waals surface area contributed by atoms with Gasteiger partial charge in [-0.25, -0.2) is 4.98 Å².